The molecule has 1 N–H and O–H groups in total. The maximum absolute atomic E-state index is 11.0. The van der Waals surface area contributed by atoms with Crippen molar-refractivity contribution in [1.82, 2.24) is 9.97 Å². The summed E-state index contributed by atoms with van der Waals surface area (Å²) in [6.45, 7) is 1.80. The summed E-state index contributed by atoms with van der Waals surface area (Å²) in [7, 11) is 0. The van der Waals surface area contributed by atoms with Gasteiger partial charge in [-0.05, 0) is 31.2 Å². The first-order chi connectivity index (χ1) is 8.56. The van der Waals surface area contributed by atoms with Crippen LogP contribution >= 0.6 is 23.4 Å². The molecule has 1 aromatic heterocycles. The van der Waals surface area contributed by atoms with Crippen LogP contribution in [0, 0.1) is 6.92 Å². The van der Waals surface area contributed by atoms with Gasteiger partial charge in [0.25, 0.3) is 0 Å². The van der Waals surface area contributed by atoms with Gasteiger partial charge in [-0.15, -0.1) is 0 Å². The van der Waals surface area contributed by atoms with Crippen molar-refractivity contribution in [3.8, 4) is 0 Å². The first-order valence-corrected chi connectivity index (χ1v) is 6.26. The molecule has 0 aliphatic heterocycles. The molecule has 0 aliphatic carbocycles. The van der Waals surface area contributed by atoms with Crippen molar-refractivity contribution in [1.29, 1.82) is 0 Å². The molecule has 0 fully saturated rings. The van der Waals surface area contributed by atoms with Crippen LogP contribution in [0.25, 0.3) is 0 Å². The molecule has 92 valence electrons. The minimum atomic E-state index is -1.04. The lowest BCUT2D eigenvalue weighted by atomic mass is 10.2. The number of aromatic nitrogens is 2. The van der Waals surface area contributed by atoms with Gasteiger partial charge in [0, 0.05) is 11.1 Å². The van der Waals surface area contributed by atoms with E-state index in [0.29, 0.717) is 5.82 Å². The molecule has 1 heterocycles. The van der Waals surface area contributed by atoms with E-state index >= 15 is 0 Å². The van der Waals surface area contributed by atoms with Crippen LogP contribution in [0.15, 0.2) is 40.4 Å². The molecule has 0 aliphatic rings. The van der Waals surface area contributed by atoms with Gasteiger partial charge in [-0.3, -0.25) is 0 Å². The lowest BCUT2D eigenvalue weighted by Gasteiger charge is -2.04. The summed E-state index contributed by atoms with van der Waals surface area (Å²) in [6, 6.07) is 6.64. The van der Waals surface area contributed by atoms with Crippen LogP contribution in [-0.4, -0.2) is 21.0 Å². The third-order valence-corrected chi connectivity index (χ3v) is 3.40. The molecule has 6 heteroatoms. The zero-order chi connectivity index (χ0) is 13.1. The van der Waals surface area contributed by atoms with E-state index in [9.17, 15) is 4.79 Å². The highest BCUT2D eigenvalue weighted by molar-refractivity contribution is 7.99. The molecule has 0 bridgehead atoms. The predicted molar refractivity (Wildman–Crippen MR) is 69.3 cm³/mol. The number of benzene rings is 1. The Morgan fingerprint density at radius 3 is 2.83 bits per heavy atom. The quantitative estimate of drug-likeness (QED) is 0.874. The monoisotopic (exact) mass is 280 g/mol. The number of rotatable bonds is 3. The molecular formula is C12H9ClN2O2S. The molecule has 0 saturated carbocycles. The van der Waals surface area contributed by atoms with Crippen LogP contribution in [0.1, 0.15) is 16.2 Å². The highest BCUT2D eigenvalue weighted by Gasteiger charge is 2.10. The van der Waals surface area contributed by atoms with Gasteiger partial charge in [0.05, 0.1) is 10.6 Å². The van der Waals surface area contributed by atoms with Crippen LogP contribution < -0.4 is 0 Å². The van der Waals surface area contributed by atoms with Crippen molar-refractivity contribution < 1.29 is 9.90 Å². The van der Waals surface area contributed by atoms with Gasteiger partial charge in [-0.2, -0.15) is 0 Å². The summed E-state index contributed by atoms with van der Waals surface area (Å²) < 4.78 is 0. The Morgan fingerprint density at radius 1 is 1.39 bits per heavy atom. The number of nitrogens with zero attached hydrogens (tertiary/aromatic N) is 2. The summed E-state index contributed by atoms with van der Waals surface area (Å²) in [5, 5.41) is 9.97. The van der Waals surface area contributed by atoms with E-state index in [-0.39, 0.29) is 10.6 Å². The number of aromatic carboxylic acids is 1. The molecule has 0 radical (unpaired) electrons. The van der Waals surface area contributed by atoms with Crippen molar-refractivity contribution in [3.05, 3.63) is 46.9 Å². The number of carboxylic acid groups (broad SMARTS) is 1. The van der Waals surface area contributed by atoms with Crippen LogP contribution in [0.4, 0.5) is 0 Å². The summed E-state index contributed by atoms with van der Waals surface area (Å²) in [4.78, 5) is 20.0. The van der Waals surface area contributed by atoms with Gasteiger partial charge in [0.1, 0.15) is 10.9 Å². The predicted octanol–water partition coefficient (Wildman–Crippen LogP) is 3.29. The molecule has 0 atom stereocenters. The Hall–Kier alpha value is -1.59. The van der Waals surface area contributed by atoms with Gasteiger partial charge in [0.2, 0.25) is 0 Å². The maximum atomic E-state index is 11.0. The molecule has 18 heavy (non-hydrogen) atoms. The smallest absolute Gasteiger partial charge is 0.337 e. The third-order valence-electron chi connectivity index (χ3n) is 2.14. The van der Waals surface area contributed by atoms with Crippen molar-refractivity contribution in [2.45, 2.75) is 16.8 Å². The number of hydrogen-bond donors (Lipinski definition) is 1. The van der Waals surface area contributed by atoms with E-state index in [1.807, 2.05) is 0 Å². The Balaban J connectivity index is 2.30. The van der Waals surface area contributed by atoms with Crippen molar-refractivity contribution in [3.63, 3.8) is 0 Å². The second kappa shape index (κ2) is 5.37. The first kappa shape index (κ1) is 12.9. The van der Waals surface area contributed by atoms with Crippen LogP contribution in [-0.2, 0) is 0 Å². The summed E-state index contributed by atoms with van der Waals surface area (Å²) in [5.41, 5.74) is 0.0902. The first-order valence-electron chi connectivity index (χ1n) is 5.06. The molecular weight excluding hydrogens is 272 g/mol. The highest BCUT2D eigenvalue weighted by Crippen LogP contribution is 2.29. The van der Waals surface area contributed by atoms with Crippen LogP contribution in [0.3, 0.4) is 0 Å². The van der Waals surface area contributed by atoms with Gasteiger partial charge >= 0.3 is 5.97 Å². The molecule has 1 aromatic carbocycles. The highest BCUT2D eigenvalue weighted by atomic mass is 35.5. The average molecular weight is 281 g/mol. The SMILES string of the molecule is Cc1nccc(Sc2ccc(Cl)c(C(=O)O)c2)n1. The zero-order valence-corrected chi connectivity index (χ0v) is 11.0. The topological polar surface area (TPSA) is 63.1 Å². The maximum Gasteiger partial charge on any atom is 0.337 e. The van der Waals surface area contributed by atoms with E-state index in [0.717, 1.165) is 9.92 Å². The fraction of sp³-hybridized carbons (Fsp3) is 0.0833. The standard InChI is InChI=1S/C12H9ClN2O2S/c1-7-14-5-4-11(15-7)18-8-2-3-10(13)9(6-8)12(16)17/h2-6H,1H3,(H,16,17). The van der Waals surface area contributed by atoms with E-state index < -0.39 is 5.97 Å². The van der Waals surface area contributed by atoms with E-state index in [1.165, 1.54) is 17.8 Å². The Labute approximate surface area is 113 Å². The minimum absolute atomic E-state index is 0.0902. The lowest BCUT2D eigenvalue weighted by molar-refractivity contribution is 0.0697. The molecule has 2 aromatic rings. The van der Waals surface area contributed by atoms with Gasteiger partial charge in [-0.1, -0.05) is 23.4 Å². The molecule has 0 unspecified atom stereocenters. The van der Waals surface area contributed by atoms with Gasteiger partial charge in [0.15, 0.2) is 0 Å². The van der Waals surface area contributed by atoms with E-state index in [1.54, 1.807) is 31.3 Å². The Morgan fingerprint density at radius 2 is 2.17 bits per heavy atom. The number of halogens is 1. The largest absolute Gasteiger partial charge is 0.478 e. The van der Waals surface area contributed by atoms with Crippen molar-refractivity contribution in [2.24, 2.45) is 0 Å². The number of aryl methyl sites for hydroxylation is 1. The van der Waals surface area contributed by atoms with Gasteiger partial charge in [-0.25, -0.2) is 14.8 Å². The zero-order valence-electron chi connectivity index (χ0n) is 9.42. The van der Waals surface area contributed by atoms with Crippen LogP contribution in [0.2, 0.25) is 5.02 Å². The second-order valence-corrected chi connectivity index (χ2v) is 4.99. The van der Waals surface area contributed by atoms with Crippen LogP contribution in [0.5, 0.6) is 0 Å². The minimum Gasteiger partial charge on any atom is -0.478 e. The lowest BCUT2D eigenvalue weighted by Crippen LogP contribution is -1.97. The van der Waals surface area contributed by atoms with Gasteiger partial charge < -0.3 is 5.11 Å². The summed E-state index contributed by atoms with van der Waals surface area (Å²) >= 11 is 7.17. The number of carbonyl (C=O) groups is 1. The number of hydrogen-bond acceptors (Lipinski definition) is 4. The summed E-state index contributed by atoms with van der Waals surface area (Å²) in [6.07, 6.45) is 1.67. The fourth-order valence-corrected chi connectivity index (χ4v) is 2.40. The number of carboxylic acids is 1. The summed E-state index contributed by atoms with van der Waals surface area (Å²) in [5.74, 6) is -0.367. The normalized spacial score (nSPS) is 10.3. The molecule has 0 amide bonds. The Bertz CT molecular complexity index is 604. The fourth-order valence-electron chi connectivity index (χ4n) is 1.34. The molecule has 4 nitrogen and oxygen atoms in total. The molecule has 0 saturated heterocycles. The van der Waals surface area contributed by atoms with E-state index in [4.69, 9.17) is 16.7 Å². The molecule has 2 rings (SSSR count). The van der Waals surface area contributed by atoms with Crippen molar-refractivity contribution in [2.75, 3.05) is 0 Å². The average Bonchev–Trinajstić information content (AvgIpc) is 2.31. The molecule has 0 spiro atoms. The Kier molecular flexibility index (Phi) is 3.84. The second-order valence-electron chi connectivity index (χ2n) is 3.49. The van der Waals surface area contributed by atoms with E-state index in [2.05, 4.69) is 9.97 Å². The van der Waals surface area contributed by atoms with Crippen molar-refractivity contribution >= 4 is 29.3 Å². The third kappa shape index (κ3) is 3.00.